The van der Waals surface area contributed by atoms with Crippen LogP contribution < -0.4 is 5.32 Å². The van der Waals surface area contributed by atoms with Gasteiger partial charge in [0.1, 0.15) is 0 Å². The first-order chi connectivity index (χ1) is 9.58. The monoisotopic (exact) mass is 283 g/mol. The third kappa shape index (κ3) is 3.15. The average molecular weight is 283 g/mol. The molecule has 3 nitrogen and oxygen atoms in total. The van der Waals surface area contributed by atoms with Crippen molar-refractivity contribution >= 4 is 5.91 Å². The first kappa shape index (κ1) is 14.9. The number of aliphatic hydroxyl groups excluding tert-OH is 1. The summed E-state index contributed by atoms with van der Waals surface area (Å²) in [6, 6.07) is 4.00. The van der Waals surface area contributed by atoms with E-state index in [-0.39, 0.29) is 36.0 Å². The lowest BCUT2D eigenvalue weighted by Crippen LogP contribution is -2.36. The second-order valence-electron chi connectivity index (χ2n) is 5.22. The predicted octanol–water partition coefficient (Wildman–Crippen LogP) is 2.35. The molecule has 5 heteroatoms. The number of benzene rings is 1. The first-order valence-corrected chi connectivity index (χ1v) is 6.93. The second-order valence-corrected chi connectivity index (χ2v) is 5.22. The summed E-state index contributed by atoms with van der Waals surface area (Å²) in [7, 11) is 0. The van der Waals surface area contributed by atoms with E-state index in [2.05, 4.69) is 5.32 Å². The number of rotatable bonds is 6. The number of nitrogens with one attached hydrogen (secondary N) is 1. The molecule has 2 rings (SSSR count). The van der Waals surface area contributed by atoms with Gasteiger partial charge in [0.05, 0.1) is 0 Å². The van der Waals surface area contributed by atoms with Gasteiger partial charge < -0.3 is 10.4 Å². The van der Waals surface area contributed by atoms with E-state index < -0.39 is 11.6 Å². The Morgan fingerprint density at radius 2 is 2.25 bits per heavy atom. The van der Waals surface area contributed by atoms with Crippen LogP contribution in [0.2, 0.25) is 0 Å². The summed E-state index contributed by atoms with van der Waals surface area (Å²) < 4.78 is 26.8. The minimum absolute atomic E-state index is 0.0193. The molecule has 1 aliphatic rings. The molecule has 1 aromatic rings. The molecule has 1 aliphatic carbocycles. The molecule has 110 valence electrons. The van der Waals surface area contributed by atoms with Crippen LogP contribution in [0.15, 0.2) is 18.2 Å². The van der Waals surface area contributed by atoms with Gasteiger partial charge in [0.25, 0.3) is 0 Å². The van der Waals surface area contributed by atoms with Crippen LogP contribution in [0.4, 0.5) is 8.78 Å². The molecule has 1 fully saturated rings. The van der Waals surface area contributed by atoms with Crippen molar-refractivity contribution in [2.75, 3.05) is 6.61 Å². The number of aliphatic hydroxyl groups is 1. The van der Waals surface area contributed by atoms with Crippen molar-refractivity contribution in [2.24, 2.45) is 5.92 Å². The fourth-order valence-corrected chi connectivity index (χ4v) is 2.48. The van der Waals surface area contributed by atoms with Gasteiger partial charge in [0.15, 0.2) is 11.6 Å². The molecule has 0 bridgehead atoms. The standard InChI is InChI=1S/C15H19F2NO2/c1-2-9(6-7-19)18-15(20)12-8-11(12)10-4-3-5-13(16)14(10)17/h3-5,9,11-12,19H,2,6-8H2,1H3,(H,18,20). The van der Waals surface area contributed by atoms with E-state index in [1.807, 2.05) is 6.92 Å². The summed E-state index contributed by atoms with van der Waals surface area (Å²) in [6.07, 6.45) is 1.79. The van der Waals surface area contributed by atoms with Crippen molar-refractivity contribution in [3.8, 4) is 0 Å². The predicted molar refractivity (Wildman–Crippen MR) is 71.1 cm³/mol. The quantitative estimate of drug-likeness (QED) is 0.842. The Hall–Kier alpha value is -1.49. The summed E-state index contributed by atoms with van der Waals surface area (Å²) in [4.78, 5) is 12.0. The summed E-state index contributed by atoms with van der Waals surface area (Å²) >= 11 is 0. The molecule has 0 aromatic heterocycles. The molecular formula is C15H19F2NO2. The number of hydrogen-bond acceptors (Lipinski definition) is 2. The van der Waals surface area contributed by atoms with Crippen molar-refractivity contribution in [3.63, 3.8) is 0 Å². The zero-order valence-electron chi connectivity index (χ0n) is 11.4. The maximum Gasteiger partial charge on any atom is 0.223 e. The number of carbonyl (C=O) groups is 1. The second kappa shape index (κ2) is 6.31. The van der Waals surface area contributed by atoms with Crippen molar-refractivity contribution in [1.82, 2.24) is 5.32 Å². The Balaban J connectivity index is 1.97. The van der Waals surface area contributed by atoms with Crippen LogP contribution in [0.3, 0.4) is 0 Å². The van der Waals surface area contributed by atoms with E-state index in [4.69, 9.17) is 5.11 Å². The topological polar surface area (TPSA) is 49.3 Å². The lowest BCUT2D eigenvalue weighted by atomic mass is 10.1. The molecule has 1 aromatic carbocycles. The summed E-state index contributed by atoms with van der Waals surface area (Å²) in [5, 5.41) is 11.7. The Bertz CT molecular complexity index is 493. The highest BCUT2D eigenvalue weighted by atomic mass is 19.2. The van der Waals surface area contributed by atoms with E-state index in [1.165, 1.54) is 12.1 Å². The van der Waals surface area contributed by atoms with E-state index in [1.54, 1.807) is 0 Å². The molecule has 2 N–H and O–H groups in total. The number of carbonyl (C=O) groups excluding carboxylic acids is 1. The molecule has 3 unspecified atom stereocenters. The van der Waals surface area contributed by atoms with Crippen LogP contribution in [0.25, 0.3) is 0 Å². The summed E-state index contributed by atoms with van der Waals surface area (Å²) in [5.41, 5.74) is 0.278. The van der Waals surface area contributed by atoms with E-state index in [0.717, 1.165) is 12.5 Å². The molecular weight excluding hydrogens is 264 g/mol. The fourth-order valence-electron chi connectivity index (χ4n) is 2.48. The van der Waals surface area contributed by atoms with Gasteiger partial charge >= 0.3 is 0 Å². The summed E-state index contributed by atoms with van der Waals surface area (Å²) in [5.74, 6) is -2.40. The Morgan fingerprint density at radius 1 is 1.50 bits per heavy atom. The van der Waals surface area contributed by atoms with Gasteiger partial charge in [-0.1, -0.05) is 19.1 Å². The highest BCUT2D eigenvalue weighted by Gasteiger charge is 2.45. The van der Waals surface area contributed by atoms with E-state index >= 15 is 0 Å². The Kier molecular flexibility index (Phi) is 4.70. The van der Waals surface area contributed by atoms with Crippen molar-refractivity contribution in [2.45, 2.75) is 38.1 Å². The fraction of sp³-hybridized carbons (Fsp3) is 0.533. The Morgan fingerprint density at radius 3 is 2.90 bits per heavy atom. The lowest BCUT2D eigenvalue weighted by molar-refractivity contribution is -0.123. The van der Waals surface area contributed by atoms with Gasteiger partial charge in [-0.15, -0.1) is 0 Å². The smallest absolute Gasteiger partial charge is 0.223 e. The normalized spacial score (nSPS) is 22.4. The maximum atomic E-state index is 13.6. The van der Waals surface area contributed by atoms with Crippen molar-refractivity contribution in [1.29, 1.82) is 0 Å². The zero-order valence-corrected chi connectivity index (χ0v) is 11.4. The van der Waals surface area contributed by atoms with Crippen molar-refractivity contribution < 1.29 is 18.7 Å². The average Bonchev–Trinajstić information content (AvgIpc) is 3.21. The van der Waals surface area contributed by atoms with Crippen LogP contribution in [-0.2, 0) is 4.79 Å². The van der Waals surface area contributed by atoms with Gasteiger partial charge in [-0.2, -0.15) is 0 Å². The SMILES string of the molecule is CCC(CCO)NC(=O)C1CC1c1cccc(F)c1F. The molecule has 20 heavy (non-hydrogen) atoms. The minimum Gasteiger partial charge on any atom is -0.396 e. The first-order valence-electron chi connectivity index (χ1n) is 6.93. The van der Waals surface area contributed by atoms with Gasteiger partial charge in [0.2, 0.25) is 5.91 Å². The minimum atomic E-state index is -0.875. The largest absolute Gasteiger partial charge is 0.396 e. The highest BCUT2D eigenvalue weighted by Crippen LogP contribution is 2.48. The molecule has 0 heterocycles. The molecule has 0 spiro atoms. The number of halogens is 2. The third-order valence-electron chi connectivity index (χ3n) is 3.82. The zero-order chi connectivity index (χ0) is 14.7. The molecule has 3 atom stereocenters. The number of amides is 1. The molecule has 1 amide bonds. The van der Waals surface area contributed by atoms with Gasteiger partial charge in [-0.05, 0) is 36.8 Å². The van der Waals surface area contributed by atoms with E-state index in [0.29, 0.717) is 12.8 Å². The molecule has 0 aliphatic heterocycles. The molecule has 0 radical (unpaired) electrons. The van der Waals surface area contributed by atoms with Crippen LogP contribution in [0, 0.1) is 17.6 Å². The maximum absolute atomic E-state index is 13.6. The molecule has 0 saturated heterocycles. The van der Waals surface area contributed by atoms with Gasteiger partial charge in [0, 0.05) is 18.6 Å². The van der Waals surface area contributed by atoms with Gasteiger partial charge in [-0.25, -0.2) is 8.78 Å². The van der Waals surface area contributed by atoms with Crippen LogP contribution >= 0.6 is 0 Å². The van der Waals surface area contributed by atoms with Gasteiger partial charge in [-0.3, -0.25) is 4.79 Å². The highest BCUT2D eigenvalue weighted by molar-refractivity contribution is 5.83. The summed E-state index contributed by atoms with van der Waals surface area (Å²) in [6.45, 7) is 1.95. The van der Waals surface area contributed by atoms with Crippen LogP contribution in [-0.4, -0.2) is 23.7 Å². The lowest BCUT2D eigenvalue weighted by Gasteiger charge is -2.15. The molecule has 1 saturated carbocycles. The van der Waals surface area contributed by atoms with Crippen LogP contribution in [0.1, 0.15) is 37.7 Å². The van der Waals surface area contributed by atoms with Crippen molar-refractivity contribution in [3.05, 3.63) is 35.4 Å². The Labute approximate surface area is 117 Å². The number of hydrogen-bond donors (Lipinski definition) is 2. The third-order valence-corrected chi connectivity index (χ3v) is 3.82. The van der Waals surface area contributed by atoms with E-state index in [9.17, 15) is 13.6 Å². The van der Waals surface area contributed by atoms with Crippen LogP contribution in [0.5, 0.6) is 0 Å².